The normalized spacial score (nSPS) is 11.8. The number of nitrogens with zero attached hydrogens (tertiary/aromatic N) is 1. The van der Waals surface area contributed by atoms with Gasteiger partial charge in [0.25, 0.3) is 0 Å². The number of esters is 2. The second kappa shape index (κ2) is 17.7. The van der Waals surface area contributed by atoms with Gasteiger partial charge >= 0.3 is 11.9 Å². The number of unbranched alkanes of at least 4 members (excludes halogenated alkanes) is 10. The summed E-state index contributed by atoms with van der Waals surface area (Å²) in [7, 11) is 2.73. The molecular formula is C20H37NO6. The number of rotatable bonds is 18. The molecule has 0 radical (unpaired) electrons. The zero-order chi connectivity index (χ0) is 20.3. The molecule has 0 saturated carbocycles. The number of ether oxygens (including phenoxy) is 2. The van der Waals surface area contributed by atoms with Gasteiger partial charge in [-0.25, -0.2) is 0 Å². The minimum atomic E-state index is -0.636. The van der Waals surface area contributed by atoms with E-state index in [0.717, 1.165) is 32.1 Å². The van der Waals surface area contributed by atoms with E-state index in [1.54, 1.807) is 0 Å². The maximum absolute atomic E-state index is 11.1. The SMILES string of the molecule is COC(=O)CCCCCCCCCCCCCC(CCC(=O)OC)[N+](=O)[O-]. The van der Waals surface area contributed by atoms with Gasteiger partial charge in [-0.05, 0) is 12.8 Å². The highest BCUT2D eigenvalue weighted by Gasteiger charge is 2.20. The summed E-state index contributed by atoms with van der Waals surface area (Å²) >= 11 is 0. The van der Waals surface area contributed by atoms with Crippen molar-refractivity contribution in [3.63, 3.8) is 0 Å². The Bertz CT molecular complexity index is 413. The molecule has 0 aromatic carbocycles. The van der Waals surface area contributed by atoms with Crippen LogP contribution in [0.5, 0.6) is 0 Å². The zero-order valence-electron chi connectivity index (χ0n) is 17.1. The number of methoxy groups -OCH3 is 2. The third kappa shape index (κ3) is 16.3. The summed E-state index contributed by atoms with van der Waals surface area (Å²) in [5.74, 6) is -0.506. The fourth-order valence-corrected chi connectivity index (χ4v) is 3.08. The Morgan fingerprint density at radius 3 is 1.56 bits per heavy atom. The molecule has 7 nitrogen and oxygen atoms in total. The van der Waals surface area contributed by atoms with Gasteiger partial charge in [-0.15, -0.1) is 0 Å². The van der Waals surface area contributed by atoms with E-state index in [1.807, 2.05) is 0 Å². The molecule has 0 aliphatic carbocycles. The average molecular weight is 388 g/mol. The molecule has 0 aromatic rings. The van der Waals surface area contributed by atoms with Crippen LogP contribution in [0.15, 0.2) is 0 Å². The lowest BCUT2D eigenvalue weighted by molar-refractivity contribution is -0.524. The Hall–Kier alpha value is -1.66. The Balaban J connectivity index is 3.43. The smallest absolute Gasteiger partial charge is 0.305 e. The molecule has 0 amide bonds. The lowest BCUT2D eigenvalue weighted by Crippen LogP contribution is -2.21. The van der Waals surface area contributed by atoms with Crippen LogP contribution in [0.2, 0.25) is 0 Å². The van der Waals surface area contributed by atoms with Crippen molar-refractivity contribution in [1.82, 2.24) is 0 Å². The van der Waals surface area contributed by atoms with Crippen LogP contribution in [0.4, 0.5) is 0 Å². The number of carbonyl (C=O) groups excluding carboxylic acids is 2. The summed E-state index contributed by atoms with van der Waals surface area (Å²) in [6.07, 6.45) is 13.6. The lowest BCUT2D eigenvalue weighted by Gasteiger charge is -2.08. The predicted molar refractivity (Wildman–Crippen MR) is 104 cm³/mol. The van der Waals surface area contributed by atoms with Crippen molar-refractivity contribution >= 4 is 11.9 Å². The van der Waals surface area contributed by atoms with Gasteiger partial charge in [-0.1, -0.05) is 57.8 Å². The summed E-state index contributed by atoms with van der Waals surface area (Å²) in [6, 6.07) is -0.636. The summed E-state index contributed by atoms with van der Waals surface area (Å²) in [5.41, 5.74) is 0. The van der Waals surface area contributed by atoms with Crippen LogP contribution in [0, 0.1) is 10.1 Å². The fourth-order valence-electron chi connectivity index (χ4n) is 3.08. The molecular weight excluding hydrogens is 350 g/mol. The van der Waals surface area contributed by atoms with Crippen molar-refractivity contribution in [2.24, 2.45) is 0 Å². The molecule has 1 atom stereocenters. The third-order valence-electron chi connectivity index (χ3n) is 4.85. The van der Waals surface area contributed by atoms with Crippen molar-refractivity contribution < 1.29 is 24.0 Å². The molecule has 158 valence electrons. The van der Waals surface area contributed by atoms with E-state index < -0.39 is 6.04 Å². The highest BCUT2D eigenvalue weighted by Crippen LogP contribution is 2.15. The maximum atomic E-state index is 11.1. The van der Waals surface area contributed by atoms with Crippen molar-refractivity contribution in [3.05, 3.63) is 10.1 Å². The van der Waals surface area contributed by atoms with Crippen LogP contribution >= 0.6 is 0 Å². The number of hydrogen-bond donors (Lipinski definition) is 0. The standard InChI is InChI=1S/C20H37NO6/c1-26-19(22)15-13-11-9-7-5-3-4-6-8-10-12-14-18(21(24)25)16-17-20(23)27-2/h18H,3-17H2,1-2H3. The van der Waals surface area contributed by atoms with Crippen molar-refractivity contribution in [2.75, 3.05) is 14.2 Å². The minimum Gasteiger partial charge on any atom is -0.469 e. The molecule has 0 rings (SSSR count). The van der Waals surface area contributed by atoms with Gasteiger partial charge in [-0.2, -0.15) is 0 Å². The summed E-state index contributed by atoms with van der Waals surface area (Å²) in [4.78, 5) is 32.8. The van der Waals surface area contributed by atoms with Crippen LogP contribution in [0.1, 0.15) is 96.3 Å². The fraction of sp³-hybridized carbons (Fsp3) is 0.900. The van der Waals surface area contributed by atoms with Gasteiger partial charge in [0.15, 0.2) is 0 Å². The second-order valence-corrected chi connectivity index (χ2v) is 7.06. The van der Waals surface area contributed by atoms with E-state index in [2.05, 4.69) is 9.47 Å². The van der Waals surface area contributed by atoms with Gasteiger partial charge in [0.2, 0.25) is 6.04 Å². The van der Waals surface area contributed by atoms with Gasteiger partial charge in [-0.3, -0.25) is 19.7 Å². The van der Waals surface area contributed by atoms with E-state index in [0.29, 0.717) is 12.8 Å². The number of hydrogen-bond acceptors (Lipinski definition) is 6. The maximum Gasteiger partial charge on any atom is 0.305 e. The first-order valence-electron chi connectivity index (χ1n) is 10.3. The summed E-state index contributed by atoms with van der Waals surface area (Å²) in [5, 5.41) is 11.0. The van der Waals surface area contributed by atoms with E-state index in [1.165, 1.54) is 52.7 Å². The monoisotopic (exact) mass is 387 g/mol. The molecule has 0 aliphatic rings. The predicted octanol–water partition coefficient (Wildman–Crippen LogP) is 4.83. The van der Waals surface area contributed by atoms with Gasteiger partial charge in [0.05, 0.1) is 20.6 Å². The molecule has 0 heterocycles. The van der Waals surface area contributed by atoms with Crippen LogP contribution in [-0.4, -0.2) is 37.1 Å². The van der Waals surface area contributed by atoms with Gasteiger partial charge < -0.3 is 9.47 Å². The third-order valence-corrected chi connectivity index (χ3v) is 4.85. The molecule has 0 bridgehead atoms. The van der Waals surface area contributed by atoms with Crippen LogP contribution in [0.25, 0.3) is 0 Å². The zero-order valence-corrected chi connectivity index (χ0v) is 17.1. The van der Waals surface area contributed by atoms with E-state index >= 15 is 0 Å². The molecule has 0 N–H and O–H groups in total. The summed E-state index contributed by atoms with van der Waals surface area (Å²) in [6.45, 7) is 0. The van der Waals surface area contributed by atoms with Crippen molar-refractivity contribution in [2.45, 2.75) is 102 Å². The van der Waals surface area contributed by atoms with E-state index in [-0.39, 0.29) is 29.7 Å². The number of nitro groups is 1. The first kappa shape index (κ1) is 25.3. The average Bonchev–Trinajstić information content (AvgIpc) is 2.66. The van der Waals surface area contributed by atoms with Crippen molar-refractivity contribution in [1.29, 1.82) is 0 Å². The lowest BCUT2D eigenvalue weighted by atomic mass is 10.0. The Morgan fingerprint density at radius 1 is 0.704 bits per heavy atom. The van der Waals surface area contributed by atoms with E-state index in [9.17, 15) is 19.7 Å². The molecule has 0 fully saturated rings. The molecule has 1 unspecified atom stereocenters. The molecule has 7 heteroatoms. The van der Waals surface area contributed by atoms with Crippen LogP contribution < -0.4 is 0 Å². The second-order valence-electron chi connectivity index (χ2n) is 7.06. The Kier molecular flexibility index (Phi) is 16.6. The molecule has 0 aliphatic heterocycles. The Morgan fingerprint density at radius 2 is 1.11 bits per heavy atom. The van der Waals surface area contributed by atoms with Gasteiger partial charge in [0.1, 0.15) is 0 Å². The molecule has 27 heavy (non-hydrogen) atoms. The van der Waals surface area contributed by atoms with Crippen LogP contribution in [-0.2, 0) is 19.1 Å². The van der Waals surface area contributed by atoms with Crippen molar-refractivity contribution in [3.8, 4) is 0 Å². The topological polar surface area (TPSA) is 95.7 Å². The molecule has 0 saturated heterocycles. The molecule has 0 aromatic heterocycles. The summed E-state index contributed by atoms with van der Waals surface area (Å²) < 4.78 is 9.14. The number of carbonyl (C=O) groups is 2. The first-order chi connectivity index (χ1) is 13.0. The van der Waals surface area contributed by atoms with Crippen LogP contribution in [0.3, 0.4) is 0 Å². The largest absolute Gasteiger partial charge is 0.469 e. The highest BCUT2D eigenvalue weighted by molar-refractivity contribution is 5.69. The highest BCUT2D eigenvalue weighted by atomic mass is 16.6. The quantitative estimate of drug-likeness (QED) is 0.145. The minimum absolute atomic E-state index is 0.116. The first-order valence-corrected chi connectivity index (χ1v) is 10.3. The van der Waals surface area contributed by atoms with E-state index in [4.69, 9.17) is 0 Å². The molecule has 0 spiro atoms. The Labute approximate surface area is 163 Å². The van der Waals surface area contributed by atoms with Gasteiger partial charge in [0, 0.05) is 24.2 Å².